The van der Waals surface area contributed by atoms with Gasteiger partial charge in [0.05, 0.1) is 0 Å². The molecule has 0 unspecified atom stereocenters. The largest absolute Gasteiger partial charge is 0.359 e. The quantitative estimate of drug-likeness (QED) is 0.560. The maximum atomic E-state index is 10.4. The predicted octanol–water partition coefficient (Wildman–Crippen LogP) is -0.186. The molecule has 0 aliphatic rings. The smallest absolute Gasteiger partial charge is 0.221 e. The summed E-state index contributed by atoms with van der Waals surface area (Å²) in [6.07, 6.45) is 0.562. The van der Waals surface area contributed by atoms with Gasteiger partial charge >= 0.3 is 0 Å². The number of carbonyl (C=O) groups excluding carboxylic acids is 1. The van der Waals surface area contributed by atoms with E-state index < -0.39 is 0 Å². The Morgan fingerprint density at radius 1 is 1.17 bits per heavy atom. The summed E-state index contributed by atoms with van der Waals surface area (Å²) in [6.45, 7) is 0.750. The van der Waals surface area contributed by atoms with Gasteiger partial charge in [-0.05, 0) is 21.1 Å². The maximum Gasteiger partial charge on any atom is 0.221 e. The Labute approximate surface area is 76.1 Å². The van der Waals surface area contributed by atoms with E-state index in [1.165, 1.54) is 0 Å². The summed E-state index contributed by atoms with van der Waals surface area (Å²) in [5.74, 6) is 0.0827. The number of rotatable bonds is 3. The van der Waals surface area contributed by atoms with Crippen molar-refractivity contribution in [2.24, 2.45) is 0 Å². The van der Waals surface area contributed by atoms with Gasteiger partial charge in [0.2, 0.25) is 5.91 Å². The zero-order valence-corrected chi connectivity index (χ0v) is 7.82. The van der Waals surface area contributed by atoms with E-state index in [0.29, 0.717) is 6.42 Å². The second-order valence-electron chi connectivity index (χ2n) is 2.03. The van der Waals surface area contributed by atoms with E-state index in [-0.39, 0.29) is 13.3 Å². The number of nitrogens with one attached hydrogen (secondary N) is 3. The molecule has 0 aromatic rings. The zero-order valence-electron chi connectivity index (χ0n) is 7.82. The first-order chi connectivity index (χ1) is 5.22. The highest BCUT2D eigenvalue weighted by Gasteiger charge is 1.92. The summed E-state index contributed by atoms with van der Waals surface area (Å²) in [5, 5.41) is 8.14. The van der Waals surface area contributed by atoms with Crippen molar-refractivity contribution in [2.45, 2.75) is 13.8 Å². The van der Waals surface area contributed by atoms with Crippen LogP contribution < -0.4 is 16.0 Å². The molecule has 0 rings (SSSR count). The Morgan fingerprint density at radius 3 is 1.83 bits per heavy atom. The molecule has 4 heteroatoms. The van der Waals surface area contributed by atoms with E-state index in [9.17, 15) is 4.79 Å². The second-order valence-corrected chi connectivity index (χ2v) is 2.03. The van der Waals surface area contributed by atoms with Crippen molar-refractivity contribution in [3.8, 4) is 0 Å². The van der Waals surface area contributed by atoms with Crippen LogP contribution >= 0.6 is 0 Å². The van der Waals surface area contributed by atoms with Crippen LogP contribution in [0.2, 0.25) is 0 Å². The average molecular weight is 177 g/mol. The molecule has 0 fully saturated rings. The van der Waals surface area contributed by atoms with Gasteiger partial charge in [-0.25, -0.2) is 0 Å². The fourth-order valence-corrected chi connectivity index (χ4v) is 0.364. The highest BCUT2D eigenvalue weighted by molar-refractivity contribution is 5.75. The molecule has 0 aliphatic carbocycles. The average Bonchev–Trinajstić information content (AvgIpc) is 2.02. The molecule has 0 bridgehead atoms. The van der Waals surface area contributed by atoms with E-state index in [1.54, 1.807) is 7.05 Å². The van der Waals surface area contributed by atoms with Crippen molar-refractivity contribution < 1.29 is 4.79 Å². The fraction of sp³-hybridized carbons (Fsp3) is 0.875. The molecule has 0 heterocycles. The summed E-state index contributed by atoms with van der Waals surface area (Å²) >= 11 is 0. The van der Waals surface area contributed by atoms with Crippen LogP contribution in [0.15, 0.2) is 0 Å². The molecule has 0 aromatic heterocycles. The molecular weight excluding hydrogens is 154 g/mol. The van der Waals surface area contributed by atoms with Gasteiger partial charge in [0.15, 0.2) is 0 Å². The van der Waals surface area contributed by atoms with Crippen molar-refractivity contribution in [3.05, 3.63) is 0 Å². The molecule has 0 atom stereocenters. The first kappa shape index (κ1) is 17.5. The van der Waals surface area contributed by atoms with Crippen LogP contribution in [0.3, 0.4) is 0 Å². The number of hydrogen-bond donors (Lipinski definition) is 3. The van der Waals surface area contributed by atoms with Crippen LogP contribution in [0.1, 0.15) is 13.8 Å². The highest BCUT2D eigenvalue weighted by Crippen LogP contribution is 1.71. The Balaban J connectivity index is -0.000000177. The number of amides is 1. The third-order valence-corrected chi connectivity index (χ3v) is 0.881. The van der Waals surface area contributed by atoms with Crippen molar-refractivity contribution in [2.75, 3.05) is 34.7 Å². The molecule has 3 N–H and O–H groups in total. The first-order valence-corrected chi connectivity index (χ1v) is 3.66. The topological polar surface area (TPSA) is 53.2 Å². The molecule has 76 valence electrons. The molecular formula is C8H23N3O. The fourth-order valence-electron chi connectivity index (χ4n) is 0.364. The van der Waals surface area contributed by atoms with Gasteiger partial charge < -0.3 is 16.0 Å². The summed E-state index contributed by atoms with van der Waals surface area (Å²) in [7, 11) is 7.21. The molecule has 0 spiro atoms. The van der Waals surface area contributed by atoms with Crippen molar-refractivity contribution in [1.29, 1.82) is 0 Å². The third-order valence-electron chi connectivity index (χ3n) is 0.881. The molecule has 0 aromatic carbocycles. The van der Waals surface area contributed by atoms with Gasteiger partial charge in [-0.15, -0.1) is 0 Å². The molecule has 0 radical (unpaired) electrons. The minimum atomic E-state index is 0. The van der Waals surface area contributed by atoms with Crippen LogP contribution in [0.5, 0.6) is 0 Å². The lowest BCUT2D eigenvalue weighted by atomic mass is 10.4. The Morgan fingerprint density at radius 2 is 1.58 bits per heavy atom. The number of hydrogen-bond acceptors (Lipinski definition) is 3. The van der Waals surface area contributed by atoms with Crippen LogP contribution in [0, 0.1) is 0 Å². The highest BCUT2D eigenvalue weighted by atomic mass is 16.1. The Kier molecular flexibility index (Phi) is 24.4. The molecule has 0 saturated carbocycles. The molecule has 4 nitrogen and oxygen atoms in total. The lowest BCUT2D eigenvalue weighted by Gasteiger charge is -1.95. The monoisotopic (exact) mass is 177 g/mol. The lowest BCUT2D eigenvalue weighted by molar-refractivity contribution is -0.120. The van der Waals surface area contributed by atoms with Crippen molar-refractivity contribution in [1.82, 2.24) is 16.0 Å². The van der Waals surface area contributed by atoms with Gasteiger partial charge in [-0.1, -0.05) is 7.43 Å². The first-order valence-electron chi connectivity index (χ1n) is 3.66. The van der Waals surface area contributed by atoms with E-state index in [2.05, 4.69) is 16.0 Å². The summed E-state index contributed by atoms with van der Waals surface area (Å²) in [5.41, 5.74) is 0. The molecule has 0 saturated heterocycles. The summed E-state index contributed by atoms with van der Waals surface area (Å²) in [4.78, 5) is 10.4. The van der Waals surface area contributed by atoms with Crippen LogP contribution in [-0.4, -0.2) is 40.6 Å². The van der Waals surface area contributed by atoms with Gasteiger partial charge in [0.25, 0.3) is 0 Å². The maximum absolute atomic E-state index is 10.4. The summed E-state index contributed by atoms with van der Waals surface area (Å²) < 4.78 is 0. The standard InChI is InChI=1S/C5H12N2O.C2H7N.CH4/c1-6-4-3-5(8)7-2;1-3-2;/h6H,3-4H2,1-2H3,(H,7,8);3H,1-2H3;1H4. The second kappa shape index (κ2) is 16.8. The van der Waals surface area contributed by atoms with Crippen LogP contribution in [-0.2, 0) is 4.79 Å². The van der Waals surface area contributed by atoms with Gasteiger partial charge in [0.1, 0.15) is 0 Å². The van der Waals surface area contributed by atoms with Crippen molar-refractivity contribution in [3.63, 3.8) is 0 Å². The molecule has 12 heavy (non-hydrogen) atoms. The van der Waals surface area contributed by atoms with Crippen LogP contribution in [0.4, 0.5) is 0 Å². The lowest BCUT2D eigenvalue weighted by Crippen LogP contribution is -2.22. The molecule has 1 amide bonds. The zero-order chi connectivity index (χ0) is 9.11. The summed E-state index contributed by atoms with van der Waals surface area (Å²) in [6, 6.07) is 0. The van der Waals surface area contributed by atoms with E-state index in [1.807, 2.05) is 21.1 Å². The SMILES string of the molecule is C.CNC.CNCCC(=O)NC. The van der Waals surface area contributed by atoms with Gasteiger partial charge in [0, 0.05) is 20.0 Å². The van der Waals surface area contributed by atoms with Crippen LogP contribution in [0.25, 0.3) is 0 Å². The third kappa shape index (κ3) is 22.8. The van der Waals surface area contributed by atoms with Gasteiger partial charge in [-0.2, -0.15) is 0 Å². The molecule has 0 aliphatic heterocycles. The van der Waals surface area contributed by atoms with E-state index in [0.717, 1.165) is 6.54 Å². The normalized spacial score (nSPS) is 7.33. The van der Waals surface area contributed by atoms with Gasteiger partial charge in [-0.3, -0.25) is 4.79 Å². The van der Waals surface area contributed by atoms with E-state index in [4.69, 9.17) is 0 Å². The minimum Gasteiger partial charge on any atom is -0.359 e. The Hall–Kier alpha value is -0.610. The Bertz CT molecular complexity index is 86.4. The minimum absolute atomic E-state index is 0. The number of carbonyl (C=O) groups is 1. The predicted molar refractivity (Wildman–Crippen MR) is 54.3 cm³/mol. The van der Waals surface area contributed by atoms with E-state index >= 15 is 0 Å². The van der Waals surface area contributed by atoms with Crippen molar-refractivity contribution >= 4 is 5.91 Å².